The molecule has 8 heteroatoms. The molecule has 0 saturated heterocycles. The minimum atomic E-state index is -3.51. The Bertz CT molecular complexity index is 1170. The van der Waals surface area contributed by atoms with Crippen molar-refractivity contribution >= 4 is 32.3 Å². The van der Waals surface area contributed by atoms with Gasteiger partial charge in [-0.25, -0.2) is 8.42 Å². The van der Waals surface area contributed by atoms with E-state index < -0.39 is 21.3 Å². The second kappa shape index (κ2) is 6.64. The molecule has 1 aromatic heterocycles. The predicted molar refractivity (Wildman–Crippen MR) is 98.4 cm³/mol. The Labute approximate surface area is 149 Å². The zero-order valence-corrected chi connectivity index (χ0v) is 14.6. The van der Waals surface area contributed by atoms with E-state index in [1.165, 1.54) is 31.2 Å². The maximum atomic E-state index is 12.5. The van der Waals surface area contributed by atoms with Gasteiger partial charge in [0.1, 0.15) is 11.3 Å². The van der Waals surface area contributed by atoms with E-state index in [1.54, 1.807) is 24.3 Å². The van der Waals surface area contributed by atoms with Gasteiger partial charge in [0.05, 0.1) is 16.3 Å². The fourth-order valence-corrected chi connectivity index (χ4v) is 3.39. The van der Waals surface area contributed by atoms with Crippen LogP contribution in [0.1, 0.15) is 17.3 Å². The normalized spacial score (nSPS) is 11.4. The molecule has 3 N–H and O–H groups in total. The van der Waals surface area contributed by atoms with Crippen LogP contribution in [0.5, 0.6) is 5.75 Å². The highest BCUT2D eigenvalue weighted by atomic mass is 32.2. The number of pyridine rings is 1. The number of aromatic hydroxyl groups is 1. The topological polar surface area (TPSA) is 116 Å². The van der Waals surface area contributed by atoms with E-state index >= 15 is 0 Å². The van der Waals surface area contributed by atoms with Crippen LogP contribution in [0.3, 0.4) is 0 Å². The Hall–Kier alpha value is -3.13. The summed E-state index contributed by atoms with van der Waals surface area (Å²) in [4.78, 5) is 27.2. The molecule has 7 nitrogen and oxygen atoms in total. The molecule has 0 radical (unpaired) electrons. The summed E-state index contributed by atoms with van der Waals surface area (Å²) >= 11 is 0. The van der Waals surface area contributed by atoms with Gasteiger partial charge in [-0.1, -0.05) is 25.1 Å². The highest BCUT2D eigenvalue weighted by Crippen LogP contribution is 2.27. The lowest BCUT2D eigenvalue weighted by atomic mass is 10.1. The average molecular weight is 372 g/mol. The number of aromatic nitrogens is 1. The summed E-state index contributed by atoms with van der Waals surface area (Å²) in [6, 6.07) is 12.0. The van der Waals surface area contributed by atoms with Gasteiger partial charge in [-0.05, 0) is 35.7 Å². The highest BCUT2D eigenvalue weighted by Gasteiger charge is 2.17. The number of aromatic amines is 1. The van der Waals surface area contributed by atoms with Crippen molar-refractivity contribution in [3.05, 3.63) is 64.4 Å². The molecular weight excluding hydrogens is 356 g/mol. The van der Waals surface area contributed by atoms with Crippen LogP contribution in [-0.2, 0) is 9.84 Å². The molecule has 0 atom stereocenters. The molecule has 0 saturated carbocycles. The smallest absolute Gasteiger partial charge is 0.261 e. The summed E-state index contributed by atoms with van der Waals surface area (Å²) in [6.07, 6.45) is 0. The van der Waals surface area contributed by atoms with Gasteiger partial charge in [0.2, 0.25) is 0 Å². The zero-order valence-electron chi connectivity index (χ0n) is 13.8. The Morgan fingerprint density at radius 2 is 1.88 bits per heavy atom. The first-order chi connectivity index (χ1) is 12.3. The first kappa shape index (κ1) is 17.7. The van der Waals surface area contributed by atoms with E-state index in [1.807, 2.05) is 0 Å². The fraction of sp³-hybridized carbons (Fsp3) is 0.111. The van der Waals surface area contributed by atoms with Crippen molar-refractivity contribution < 1.29 is 18.3 Å². The van der Waals surface area contributed by atoms with E-state index in [4.69, 9.17) is 0 Å². The predicted octanol–water partition coefficient (Wildman–Crippen LogP) is 2.28. The molecule has 0 unspecified atom stereocenters. The van der Waals surface area contributed by atoms with Crippen LogP contribution in [0, 0.1) is 0 Å². The number of sulfone groups is 1. The number of amides is 1. The van der Waals surface area contributed by atoms with Gasteiger partial charge in [-0.3, -0.25) is 9.59 Å². The molecule has 0 fully saturated rings. The standard InChI is InChI=1S/C18H16N2O5S/c1-2-26(24,25)12-7-8-16(21)15(10-12)20-18(23)13-9-11-5-3-4-6-14(11)19-17(13)22/h3-10,21H,2H2,1H3,(H,19,22)(H,20,23). The summed E-state index contributed by atoms with van der Waals surface area (Å²) in [5.74, 6) is -1.17. The molecule has 134 valence electrons. The lowest BCUT2D eigenvalue weighted by molar-refractivity contribution is 0.102. The minimum Gasteiger partial charge on any atom is -0.506 e. The number of carbonyl (C=O) groups excluding carboxylic acids is 1. The zero-order chi connectivity index (χ0) is 18.9. The fourth-order valence-electron chi connectivity index (χ4n) is 2.48. The van der Waals surface area contributed by atoms with Crippen molar-refractivity contribution in [3.63, 3.8) is 0 Å². The molecule has 0 spiro atoms. The van der Waals surface area contributed by atoms with Crippen molar-refractivity contribution in [2.24, 2.45) is 0 Å². The number of para-hydroxylation sites is 1. The molecule has 0 aliphatic heterocycles. The van der Waals surface area contributed by atoms with Crippen LogP contribution < -0.4 is 10.9 Å². The molecule has 1 amide bonds. The van der Waals surface area contributed by atoms with Gasteiger partial charge >= 0.3 is 0 Å². The molecule has 3 aromatic rings. The molecule has 0 bridgehead atoms. The maximum Gasteiger partial charge on any atom is 0.261 e. The first-order valence-corrected chi connectivity index (χ1v) is 9.46. The summed E-state index contributed by atoms with van der Waals surface area (Å²) in [5, 5.41) is 13.0. The largest absolute Gasteiger partial charge is 0.506 e. The number of phenolic OH excluding ortho intramolecular Hbond substituents is 1. The van der Waals surface area contributed by atoms with Gasteiger partial charge in [0.15, 0.2) is 9.84 Å². The summed E-state index contributed by atoms with van der Waals surface area (Å²) in [5.41, 5.74) is -0.227. The van der Waals surface area contributed by atoms with Gasteiger partial charge < -0.3 is 15.4 Å². The van der Waals surface area contributed by atoms with Gasteiger partial charge in [0, 0.05) is 5.52 Å². The lowest BCUT2D eigenvalue weighted by Crippen LogP contribution is -2.23. The summed E-state index contributed by atoms with van der Waals surface area (Å²) < 4.78 is 23.9. The number of phenols is 1. The maximum absolute atomic E-state index is 12.5. The van der Waals surface area contributed by atoms with E-state index in [9.17, 15) is 23.1 Å². The second-order valence-corrected chi connectivity index (χ2v) is 7.91. The van der Waals surface area contributed by atoms with E-state index in [-0.39, 0.29) is 27.6 Å². The van der Waals surface area contributed by atoms with Crippen LogP contribution >= 0.6 is 0 Å². The number of hydrogen-bond donors (Lipinski definition) is 3. The van der Waals surface area contributed by atoms with Crippen LogP contribution in [0.25, 0.3) is 10.9 Å². The number of hydrogen-bond acceptors (Lipinski definition) is 5. The molecule has 1 heterocycles. The Kier molecular flexibility index (Phi) is 4.52. The SMILES string of the molecule is CCS(=O)(=O)c1ccc(O)c(NC(=O)c2cc3ccccc3[nH]c2=O)c1. The molecule has 26 heavy (non-hydrogen) atoms. The molecule has 3 rings (SSSR count). The van der Waals surface area contributed by atoms with Crippen LogP contribution in [0.4, 0.5) is 5.69 Å². The van der Waals surface area contributed by atoms with Crippen molar-refractivity contribution in [3.8, 4) is 5.75 Å². The number of fused-ring (bicyclic) bond motifs is 1. The monoisotopic (exact) mass is 372 g/mol. The van der Waals surface area contributed by atoms with Gasteiger partial charge in [0.25, 0.3) is 11.5 Å². The first-order valence-electron chi connectivity index (χ1n) is 7.81. The highest BCUT2D eigenvalue weighted by molar-refractivity contribution is 7.91. The molecule has 0 aliphatic rings. The number of anilines is 1. The van der Waals surface area contributed by atoms with Crippen LogP contribution in [0.2, 0.25) is 0 Å². The number of carbonyl (C=O) groups is 1. The minimum absolute atomic E-state index is 0.0273. The van der Waals surface area contributed by atoms with Crippen LogP contribution in [0.15, 0.2) is 58.2 Å². The van der Waals surface area contributed by atoms with Gasteiger partial charge in [-0.15, -0.1) is 0 Å². The van der Waals surface area contributed by atoms with E-state index in [0.717, 1.165) is 0 Å². The Balaban J connectivity index is 1.99. The second-order valence-electron chi connectivity index (χ2n) is 5.64. The third kappa shape index (κ3) is 3.31. The number of rotatable bonds is 4. The lowest BCUT2D eigenvalue weighted by Gasteiger charge is -2.10. The van der Waals surface area contributed by atoms with Crippen molar-refractivity contribution in [1.29, 1.82) is 0 Å². The number of nitrogens with one attached hydrogen (secondary N) is 2. The van der Waals surface area contributed by atoms with Crippen molar-refractivity contribution in [1.82, 2.24) is 4.98 Å². The molecule has 2 aromatic carbocycles. The summed E-state index contributed by atoms with van der Waals surface area (Å²) in [7, 11) is -3.51. The van der Waals surface area contributed by atoms with Gasteiger partial charge in [-0.2, -0.15) is 0 Å². The number of H-pyrrole nitrogens is 1. The summed E-state index contributed by atoms with van der Waals surface area (Å²) in [6.45, 7) is 1.50. The van der Waals surface area contributed by atoms with E-state index in [2.05, 4.69) is 10.3 Å². The van der Waals surface area contributed by atoms with Crippen molar-refractivity contribution in [2.75, 3.05) is 11.1 Å². The van der Waals surface area contributed by atoms with Crippen LogP contribution in [-0.4, -0.2) is 30.2 Å². The number of benzene rings is 2. The third-order valence-corrected chi connectivity index (χ3v) is 5.69. The molecule has 0 aliphatic carbocycles. The average Bonchev–Trinajstić information content (AvgIpc) is 2.62. The van der Waals surface area contributed by atoms with E-state index in [0.29, 0.717) is 10.9 Å². The third-order valence-electron chi connectivity index (χ3n) is 3.95. The Morgan fingerprint density at radius 1 is 1.15 bits per heavy atom. The quantitative estimate of drug-likeness (QED) is 0.608. The molecular formula is C18H16N2O5S. The Morgan fingerprint density at radius 3 is 2.62 bits per heavy atom. The van der Waals surface area contributed by atoms with Crippen molar-refractivity contribution in [2.45, 2.75) is 11.8 Å².